The third-order valence-corrected chi connectivity index (χ3v) is 3.36. The Bertz CT molecular complexity index is 411. The molecule has 14 heavy (non-hydrogen) atoms. The van der Waals surface area contributed by atoms with Gasteiger partial charge in [0, 0.05) is 5.41 Å². The van der Waals surface area contributed by atoms with E-state index in [0.717, 1.165) is 6.42 Å². The molecule has 0 aromatic heterocycles. The van der Waals surface area contributed by atoms with Gasteiger partial charge in [-0.3, -0.25) is 4.79 Å². The summed E-state index contributed by atoms with van der Waals surface area (Å²) in [6, 6.07) is 8.26. The van der Waals surface area contributed by atoms with Gasteiger partial charge in [0.1, 0.15) is 6.10 Å². The molecule has 0 N–H and O–H groups in total. The number of hydrogen-bond acceptors (Lipinski definition) is 2. The second-order valence-corrected chi connectivity index (χ2v) is 4.58. The van der Waals surface area contributed by atoms with Crippen molar-refractivity contribution >= 4 is 5.97 Å². The molecule has 0 bridgehead atoms. The van der Waals surface area contributed by atoms with E-state index in [9.17, 15) is 4.79 Å². The molecule has 1 aliphatic carbocycles. The Balaban J connectivity index is 2.12. The minimum Gasteiger partial charge on any atom is -0.457 e. The summed E-state index contributed by atoms with van der Waals surface area (Å²) in [6.45, 7) is 2.14. The van der Waals surface area contributed by atoms with Crippen molar-refractivity contribution in [3.63, 3.8) is 0 Å². The highest BCUT2D eigenvalue weighted by Crippen LogP contribution is 2.53. The van der Waals surface area contributed by atoms with Crippen molar-refractivity contribution in [2.24, 2.45) is 5.41 Å². The van der Waals surface area contributed by atoms with E-state index in [1.165, 1.54) is 11.1 Å². The SMILES string of the molecule is CC12CC(=O)OC1c1ccccc1C2. The van der Waals surface area contributed by atoms with Gasteiger partial charge in [-0.15, -0.1) is 0 Å². The Morgan fingerprint density at radius 1 is 1.36 bits per heavy atom. The molecule has 2 atom stereocenters. The second kappa shape index (κ2) is 2.38. The maximum Gasteiger partial charge on any atom is 0.307 e. The molecule has 1 aromatic carbocycles. The van der Waals surface area contributed by atoms with Crippen LogP contribution in [0.25, 0.3) is 0 Å². The summed E-state index contributed by atoms with van der Waals surface area (Å²) in [5.74, 6) is -0.0491. The molecule has 2 heteroatoms. The van der Waals surface area contributed by atoms with E-state index < -0.39 is 0 Å². The number of carbonyl (C=O) groups is 1. The van der Waals surface area contributed by atoms with E-state index in [4.69, 9.17) is 4.74 Å². The van der Waals surface area contributed by atoms with E-state index in [2.05, 4.69) is 19.1 Å². The van der Waals surface area contributed by atoms with E-state index in [1.54, 1.807) is 0 Å². The first-order valence-corrected chi connectivity index (χ1v) is 4.96. The van der Waals surface area contributed by atoms with Gasteiger partial charge in [-0.2, -0.15) is 0 Å². The number of carbonyl (C=O) groups excluding carboxylic acids is 1. The van der Waals surface area contributed by atoms with Gasteiger partial charge in [0.05, 0.1) is 6.42 Å². The normalized spacial score (nSPS) is 33.8. The summed E-state index contributed by atoms with van der Waals surface area (Å²) in [5, 5.41) is 0. The molecule has 0 saturated carbocycles. The van der Waals surface area contributed by atoms with Gasteiger partial charge < -0.3 is 4.74 Å². The predicted octanol–water partition coefficient (Wildman–Crippen LogP) is 2.24. The highest BCUT2D eigenvalue weighted by Gasteiger charge is 2.51. The summed E-state index contributed by atoms with van der Waals surface area (Å²) in [6.07, 6.45) is 1.54. The van der Waals surface area contributed by atoms with Gasteiger partial charge in [-0.1, -0.05) is 31.2 Å². The van der Waals surface area contributed by atoms with Gasteiger partial charge in [0.15, 0.2) is 0 Å². The van der Waals surface area contributed by atoms with Crippen LogP contribution < -0.4 is 0 Å². The Kier molecular flexibility index (Phi) is 1.37. The molecular formula is C12H12O2. The molecule has 2 aliphatic rings. The fourth-order valence-electron chi connectivity index (χ4n) is 2.72. The molecule has 1 fully saturated rings. The van der Waals surface area contributed by atoms with Crippen LogP contribution in [0.2, 0.25) is 0 Å². The summed E-state index contributed by atoms with van der Waals surface area (Å²) in [5.41, 5.74) is 2.56. The molecule has 2 nitrogen and oxygen atoms in total. The smallest absolute Gasteiger partial charge is 0.307 e. The van der Waals surface area contributed by atoms with E-state index in [1.807, 2.05) is 12.1 Å². The number of ether oxygens (including phenoxy) is 1. The molecule has 0 amide bonds. The van der Waals surface area contributed by atoms with Crippen LogP contribution in [0.1, 0.15) is 30.6 Å². The van der Waals surface area contributed by atoms with Crippen LogP contribution in [-0.2, 0) is 16.0 Å². The summed E-state index contributed by atoms with van der Waals surface area (Å²) in [4.78, 5) is 11.2. The average Bonchev–Trinajstić information content (AvgIpc) is 2.54. The van der Waals surface area contributed by atoms with E-state index >= 15 is 0 Å². The Hall–Kier alpha value is -1.31. The van der Waals surface area contributed by atoms with Gasteiger partial charge in [-0.25, -0.2) is 0 Å². The topological polar surface area (TPSA) is 26.3 Å². The van der Waals surface area contributed by atoms with Gasteiger partial charge in [0.2, 0.25) is 0 Å². The molecule has 72 valence electrons. The molecule has 1 aromatic rings. The zero-order valence-corrected chi connectivity index (χ0v) is 8.12. The summed E-state index contributed by atoms with van der Waals surface area (Å²) in [7, 11) is 0. The lowest BCUT2D eigenvalue weighted by Crippen LogP contribution is -2.16. The first kappa shape index (κ1) is 8.04. The lowest BCUT2D eigenvalue weighted by Gasteiger charge is -2.19. The van der Waals surface area contributed by atoms with Crippen molar-refractivity contribution in [3.05, 3.63) is 35.4 Å². The van der Waals surface area contributed by atoms with Crippen LogP contribution >= 0.6 is 0 Å². The largest absolute Gasteiger partial charge is 0.457 e. The number of fused-ring (bicyclic) bond motifs is 3. The first-order chi connectivity index (χ1) is 6.69. The van der Waals surface area contributed by atoms with Crippen LogP contribution in [0, 0.1) is 5.41 Å². The number of esters is 1. The van der Waals surface area contributed by atoms with Crippen LogP contribution in [0.15, 0.2) is 24.3 Å². The molecule has 3 rings (SSSR count). The molecule has 0 spiro atoms. The van der Waals surface area contributed by atoms with Gasteiger partial charge >= 0.3 is 5.97 Å². The fourth-order valence-corrected chi connectivity index (χ4v) is 2.72. The van der Waals surface area contributed by atoms with Crippen LogP contribution in [0.5, 0.6) is 0 Å². The van der Waals surface area contributed by atoms with Gasteiger partial charge in [0.25, 0.3) is 0 Å². The Morgan fingerprint density at radius 3 is 3.00 bits per heavy atom. The number of rotatable bonds is 0. The predicted molar refractivity (Wildman–Crippen MR) is 51.7 cm³/mol. The van der Waals surface area contributed by atoms with E-state index in [0.29, 0.717) is 6.42 Å². The third kappa shape index (κ3) is 0.884. The number of benzene rings is 1. The molecule has 1 heterocycles. The zero-order valence-electron chi connectivity index (χ0n) is 8.12. The van der Waals surface area contributed by atoms with E-state index in [-0.39, 0.29) is 17.5 Å². The third-order valence-electron chi connectivity index (χ3n) is 3.36. The summed E-state index contributed by atoms with van der Waals surface area (Å²) >= 11 is 0. The monoisotopic (exact) mass is 188 g/mol. The molecule has 1 saturated heterocycles. The molecule has 1 aliphatic heterocycles. The highest BCUT2D eigenvalue weighted by molar-refractivity contribution is 5.74. The standard InChI is InChI=1S/C12H12O2/c1-12-6-8-4-2-3-5-9(8)11(12)14-10(13)7-12/h2-5,11H,6-7H2,1H3. The van der Waals surface area contributed by atoms with Crippen molar-refractivity contribution in [1.29, 1.82) is 0 Å². The number of hydrogen-bond donors (Lipinski definition) is 0. The van der Waals surface area contributed by atoms with Crippen LogP contribution in [-0.4, -0.2) is 5.97 Å². The first-order valence-electron chi connectivity index (χ1n) is 4.96. The molecular weight excluding hydrogens is 176 g/mol. The van der Waals surface area contributed by atoms with Crippen molar-refractivity contribution in [2.75, 3.05) is 0 Å². The van der Waals surface area contributed by atoms with Crippen molar-refractivity contribution in [3.8, 4) is 0 Å². The quantitative estimate of drug-likeness (QED) is 0.583. The summed E-state index contributed by atoms with van der Waals surface area (Å²) < 4.78 is 5.38. The molecule has 0 radical (unpaired) electrons. The van der Waals surface area contributed by atoms with Crippen LogP contribution in [0.4, 0.5) is 0 Å². The minimum atomic E-state index is -0.0491. The lowest BCUT2D eigenvalue weighted by molar-refractivity contribution is -0.141. The Labute approximate surface area is 82.9 Å². The highest BCUT2D eigenvalue weighted by atomic mass is 16.6. The van der Waals surface area contributed by atoms with Gasteiger partial charge in [-0.05, 0) is 17.5 Å². The Morgan fingerprint density at radius 2 is 2.14 bits per heavy atom. The van der Waals surface area contributed by atoms with Crippen molar-refractivity contribution in [2.45, 2.75) is 25.9 Å². The minimum absolute atomic E-state index is 0.00574. The van der Waals surface area contributed by atoms with Crippen LogP contribution in [0.3, 0.4) is 0 Å². The fraction of sp³-hybridized carbons (Fsp3) is 0.417. The van der Waals surface area contributed by atoms with Crippen molar-refractivity contribution < 1.29 is 9.53 Å². The zero-order chi connectivity index (χ0) is 9.76. The average molecular weight is 188 g/mol. The maximum absolute atomic E-state index is 11.2. The maximum atomic E-state index is 11.2. The lowest BCUT2D eigenvalue weighted by atomic mass is 9.84. The second-order valence-electron chi connectivity index (χ2n) is 4.58. The van der Waals surface area contributed by atoms with Crippen molar-refractivity contribution in [1.82, 2.24) is 0 Å². The molecule has 2 unspecified atom stereocenters.